The van der Waals surface area contributed by atoms with Gasteiger partial charge in [-0.15, -0.1) is 11.3 Å². The van der Waals surface area contributed by atoms with Crippen LogP contribution in [0.3, 0.4) is 0 Å². The van der Waals surface area contributed by atoms with Crippen LogP contribution in [0, 0.1) is 28.6 Å². The Bertz CT molecular complexity index is 985. The maximum Gasteiger partial charge on any atom is 0.306 e. The second-order valence-corrected chi connectivity index (χ2v) is 12.5. The molecule has 1 N–H and O–H groups in total. The summed E-state index contributed by atoms with van der Waals surface area (Å²) in [7, 11) is 0. The van der Waals surface area contributed by atoms with Crippen LogP contribution in [0.5, 0.6) is 0 Å². The van der Waals surface area contributed by atoms with Crippen LogP contribution in [0.25, 0.3) is 0 Å². The van der Waals surface area contributed by atoms with Gasteiger partial charge in [0.25, 0.3) is 0 Å². The van der Waals surface area contributed by atoms with Gasteiger partial charge < -0.3 is 10.1 Å². The van der Waals surface area contributed by atoms with E-state index in [9.17, 15) is 14.4 Å². The van der Waals surface area contributed by atoms with E-state index in [1.165, 1.54) is 5.57 Å². The minimum atomic E-state index is -0.244. The first-order valence-corrected chi connectivity index (χ1v) is 13.9. The van der Waals surface area contributed by atoms with Gasteiger partial charge in [0.1, 0.15) is 6.10 Å². The fourth-order valence-corrected chi connectivity index (χ4v) is 8.47. The van der Waals surface area contributed by atoms with Crippen molar-refractivity contribution >= 4 is 29.0 Å². The second-order valence-electron chi connectivity index (χ2n) is 11.4. The summed E-state index contributed by atoms with van der Waals surface area (Å²) in [6, 6.07) is 3.95. The van der Waals surface area contributed by atoms with E-state index in [-0.39, 0.29) is 41.7 Å². The minimum absolute atomic E-state index is 0.0281. The van der Waals surface area contributed by atoms with Gasteiger partial charge in [0, 0.05) is 23.1 Å². The number of carbonyl (C=O) groups is 3. The molecular weight excluding hydrogens is 446 g/mol. The molecule has 184 valence electrons. The lowest BCUT2D eigenvalue weighted by Crippen LogP contribution is -2.51. The van der Waals surface area contributed by atoms with Crippen LogP contribution in [-0.4, -0.2) is 23.8 Å². The standard InChI is InChI=1S/C28H37NO4S/c1-27-13-11-19(30)16-18(27)5-6-21-22-7-8-24(28(22,2)14-12-23(21)27)33-26(32)10-9-25(31)29-17-20-4-3-15-34-20/h3-4,15-16,21-24H,5-14,17H2,1-2H3,(H,29,31). The largest absolute Gasteiger partial charge is 0.462 e. The van der Waals surface area contributed by atoms with E-state index in [4.69, 9.17) is 4.74 Å². The SMILES string of the molecule is CC12CCC(=O)C=C1CCC1C2CCC2(C)C(OC(=O)CCC(=O)NCc3cccs3)CCC12. The number of nitrogens with one attached hydrogen (secondary N) is 1. The highest BCUT2D eigenvalue weighted by molar-refractivity contribution is 7.09. The van der Waals surface area contributed by atoms with Crippen LogP contribution in [0.4, 0.5) is 0 Å². The van der Waals surface area contributed by atoms with Crippen molar-refractivity contribution in [2.75, 3.05) is 0 Å². The molecule has 1 aromatic heterocycles. The predicted octanol–water partition coefficient (Wildman–Crippen LogP) is 5.59. The van der Waals surface area contributed by atoms with Gasteiger partial charge in [-0.3, -0.25) is 14.4 Å². The molecule has 5 nitrogen and oxygen atoms in total. The van der Waals surface area contributed by atoms with Gasteiger partial charge in [0.05, 0.1) is 13.0 Å². The molecule has 1 aromatic rings. The average Bonchev–Trinajstić information content (AvgIpc) is 3.45. The third kappa shape index (κ3) is 4.27. The molecule has 6 unspecified atom stereocenters. The van der Waals surface area contributed by atoms with Crippen molar-refractivity contribution in [2.24, 2.45) is 28.6 Å². The Kier molecular flexibility index (Phi) is 6.47. The fourth-order valence-electron chi connectivity index (χ4n) is 7.83. The Hall–Kier alpha value is -1.95. The van der Waals surface area contributed by atoms with Gasteiger partial charge in [-0.05, 0) is 85.6 Å². The molecule has 1 heterocycles. The quantitative estimate of drug-likeness (QED) is 0.536. The molecule has 4 aliphatic carbocycles. The molecule has 34 heavy (non-hydrogen) atoms. The number of amides is 1. The average molecular weight is 484 g/mol. The van der Waals surface area contributed by atoms with E-state index in [0.29, 0.717) is 36.5 Å². The van der Waals surface area contributed by atoms with E-state index < -0.39 is 0 Å². The number of ketones is 1. The summed E-state index contributed by atoms with van der Waals surface area (Å²) in [5.74, 6) is 1.83. The van der Waals surface area contributed by atoms with E-state index in [1.807, 2.05) is 23.6 Å². The third-order valence-corrected chi connectivity index (χ3v) is 10.6. The summed E-state index contributed by atoms with van der Waals surface area (Å²) >= 11 is 1.61. The number of fused-ring (bicyclic) bond motifs is 5. The number of thiophene rings is 1. The van der Waals surface area contributed by atoms with Crippen LogP contribution in [0.1, 0.15) is 82.9 Å². The molecule has 6 heteroatoms. The maximum absolute atomic E-state index is 12.7. The first-order valence-electron chi connectivity index (χ1n) is 13.0. The molecule has 1 amide bonds. The normalized spacial score (nSPS) is 36.6. The highest BCUT2D eigenvalue weighted by atomic mass is 32.1. The Balaban J connectivity index is 1.17. The zero-order chi connectivity index (χ0) is 23.9. The molecule has 5 rings (SSSR count). The summed E-state index contributed by atoms with van der Waals surface area (Å²) in [5, 5.41) is 4.87. The molecule has 3 saturated carbocycles. The van der Waals surface area contributed by atoms with Gasteiger partial charge in [-0.25, -0.2) is 0 Å². The molecule has 0 radical (unpaired) electrons. The third-order valence-electron chi connectivity index (χ3n) is 9.74. The van der Waals surface area contributed by atoms with Crippen LogP contribution >= 0.6 is 11.3 Å². The van der Waals surface area contributed by atoms with Crippen molar-refractivity contribution in [3.8, 4) is 0 Å². The number of ether oxygens (including phenoxy) is 1. The van der Waals surface area contributed by atoms with Crippen molar-refractivity contribution in [2.45, 2.75) is 90.7 Å². The summed E-state index contributed by atoms with van der Waals surface area (Å²) in [6.45, 7) is 5.26. The molecule has 4 aliphatic rings. The van der Waals surface area contributed by atoms with Crippen molar-refractivity contribution in [3.05, 3.63) is 34.0 Å². The first-order chi connectivity index (χ1) is 16.3. The molecule has 0 saturated heterocycles. The number of allylic oxidation sites excluding steroid dienone is 1. The lowest BCUT2D eigenvalue weighted by molar-refractivity contribution is -0.160. The van der Waals surface area contributed by atoms with E-state index in [1.54, 1.807) is 11.3 Å². The number of esters is 1. The molecule has 0 spiro atoms. The summed E-state index contributed by atoms with van der Waals surface area (Å²) in [4.78, 5) is 38.0. The number of hydrogen-bond acceptors (Lipinski definition) is 5. The first kappa shape index (κ1) is 23.8. The smallest absolute Gasteiger partial charge is 0.306 e. The van der Waals surface area contributed by atoms with Crippen molar-refractivity contribution in [1.29, 1.82) is 0 Å². The molecule has 0 bridgehead atoms. The Morgan fingerprint density at radius 2 is 1.94 bits per heavy atom. The maximum atomic E-state index is 12.7. The second kappa shape index (κ2) is 9.25. The molecule has 0 aromatic carbocycles. The van der Waals surface area contributed by atoms with Crippen molar-refractivity contribution < 1.29 is 19.1 Å². The van der Waals surface area contributed by atoms with Gasteiger partial charge in [-0.2, -0.15) is 0 Å². The highest BCUT2D eigenvalue weighted by Crippen LogP contribution is 2.65. The van der Waals surface area contributed by atoms with Gasteiger partial charge >= 0.3 is 5.97 Å². The van der Waals surface area contributed by atoms with Gasteiger partial charge in [0.2, 0.25) is 5.91 Å². The van der Waals surface area contributed by atoms with Crippen LogP contribution in [0.2, 0.25) is 0 Å². The summed E-state index contributed by atoms with van der Waals surface area (Å²) < 4.78 is 6.04. The van der Waals surface area contributed by atoms with Gasteiger partial charge in [-0.1, -0.05) is 25.5 Å². The van der Waals surface area contributed by atoms with Gasteiger partial charge in [0.15, 0.2) is 5.78 Å². The van der Waals surface area contributed by atoms with Crippen LogP contribution in [-0.2, 0) is 25.7 Å². The highest BCUT2D eigenvalue weighted by Gasteiger charge is 2.59. The lowest BCUT2D eigenvalue weighted by atomic mass is 9.47. The summed E-state index contributed by atoms with van der Waals surface area (Å²) in [6.07, 6.45) is 10.4. The zero-order valence-electron chi connectivity index (χ0n) is 20.4. The van der Waals surface area contributed by atoms with E-state index in [0.717, 1.165) is 49.8 Å². The van der Waals surface area contributed by atoms with Crippen molar-refractivity contribution in [3.63, 3.8) is 0 Å². The lowest BCUT2D eigenvalue weighted by Gasteiger charge is -2.57. The summed E-state index contributed by atoms with van der Waals surface area (Å²) in [5.41, 5.74) is 1.59. The van der Waals surface area contributed by atoms with Crippen LogP contribution < -0.4 is 5.32 Å². The molecule has 6 atom stereocenters. The van der Waals surface area contributed by atoms with E-state index in [2.05, 4.69) is 19.2 Å². The Morgan fingerprint density at radius 1 is 1.09 bits per heavy atom. The molecule has 0 aliphatic heterocycles. The molecule has 3 fully saturated rings. The number of hydrogen-bond donors (Lipinski definition) is 1. The minimum Gasteiger partial charge on any atom is -0.462 e. The Labute approximate surface area is 206 Å². The topological polar surface area (TPSA) is 72.5 Å². The molecular formula is C28H37NO4S. The van der Waals surface area contributed by atoms with Crippen LogP contribution in [0.15, 0.2) is 29.2 Å². The van der Waals surface area contributed by atoms with E-state index >= 15 is 0 Å². The fraction of sp³-hybridized carbons (Fsp3) is 0.679. The predicted molar refractivity (Wildman–Crippen MR) is 132 cm³/mol. The number of rotatable bonds is 6. The van der Waals surface area contributed by atoms with Crippen molar-refractivity contribution in [1.82, 2.24) is 5.32 Å². The Morgan fingerprint density at radius 3 is 2.74 bits per heavy atom. The number of carbonyl (C=O) groups excluding carboxylic acids is 3. The zero-order valence-corrected chi connectivity index (χ0v) is 21.3. The monoisotopic (exact) mass is 483 g/mol.